The Morgan fingerprint density at radius 3 is 2.45 bits per heavy atom. The summed E-state index contributed by atoms with van der Waals surface area (Å²) in [5.74, 6) is -0.609. The Morgan fingerprint density at radius 1 is 1.05 bits per heavy atom. The number of allylic oxidation sites excluding steroid dienone is 1. The van der Waals surface area contributed by atoms with Crippen molar-refractivity contribution in [3.8, 4) is 11.5 Å². The molecule has 0 aromatic heterocycles. The van der Waals surface area contributed by atoms with E-state index in [9.17, 15) is 15.0 Å². The smallest absolute Gasteiger partial charge is 0.168 e. The van der Waals surface area contributed by atoms with Crippen LogP contribution in [0.15, 0.2) is 18.2 Å². The van der Waals surface area contributed by atoms with Crippen LogP contribution < -0.4 is 0 Å². The molecule has 0 atom stereocenters. The van der Waals surface area contributed by atoms with Gasteiger partial charge in [-0.25, -0.2) is 0 Å². The number of phenolic OH excluding ortho intramolecular Hbond substituents is 2. The van der Waals surface area contributed by atoms with Gasteiger partial charge in [0, 0.05) is 0 Å². The quantitative estimate of drug-likeness (QED) is 0.391. The molecule has 0 heterocycles. The maximum atomic E-state index is 10.7. The number of aromatic hydroxyl groups is 2. The van der Waals surface area contributed by atoms with Crippen molar-refractivity contribution in [2.45, 2.75) is 51.9 Å². The van der Waals surface area contributed by atoms with E-state index in [4.69, 9.17) is 0 Å². The SMILES string of the molecule is CCCCCCCCC=Cc1cc(O)c(O)c(C=O)c1. The highest BCUT2D eigenvalue weighted by Crippen LogP contribution is 2.29. The fourth-order valence-electron chi connectivity index (χ4n) is 2.11. The van der Waals surface area contributed by atoms with Crippen molar-refractivity contribution in [1.29, 1.82) is 0 Å². The molecule has 0 unspecified atom stereocenters. The number of carbonyl (C=O) groups excluding carboxylic acids is 1. The number of aldehydes is 1. The maximum Gasteiger partial charge on any atom is 0.168 e. The van der Waals surface area contributed by atoms with Gasteiger partial charge in [0.25, 0.3) is 0 Å². The van der Waals surface area contributed by atoms with Crippen LogP contribution in [0.1, 0.15) is 67.8 Å². The van der Waals surface area contributed by atoms with Crippen molar-refractivity contribution in [2.24, 2.45) is 0 Å². The first-order chi connectivity index (χ1) is 9.69. The third-order valence-corrected chi connectivity index (χ3v) is 3.30. The van der Waals surface area contributed by atoms with Gasteiger partial charge >= 0.3 is 0 Å². The molecule has 20 heavy (non-hydrogen) atoms. The number of hydrogen-bond acceptors (Lipinski definition) is 3. The molecular weight excluding hydrogens is 252 g/mol. The van der Waals surface area contributed by atoms with Crippen LogP contribution >= 0.6 is 0 Å². The monoisotopic (exact) mass is 276 g/mol. The van der Waals surface area contributed by atoms with Crippen LogP contribution in [0, 0.1) is 0 Å². The Bertz CT molecular complexity index is 450. The first kappa shape index (κ1) is 16.3. The fourth-order valence-corrected chi connectivity index (χ4v) is 2.11. The predicted molar refractivity (Wildman–Crippen MR) is 82.2 cm³/mol. The molecular formula is C17H24O3. The number of phenols is 2. The standard InChI is InChI=1S/C17H24O3/c1-2-3-4-5-6-7-8-9-10-14-11-15(13-18)17(20)16(19)12-14/h9-13,19-20H,2-8H2,1H3. The summed E-state index contributed by atoms with van der Waals surface area (Å²) in [6.07, 6.45) is 13.0. The average molecular weight is 276 g/mol. The van der Waals surface area contributed by atoms with E-state index in [2.05, 4.69) is 6.92 Å². The second-order valence-electron chi connectivity index (χ2n) is 5.05. The molecule has 0 spiro atoms. The molecule has 0 amide bonds. The molecule has 1 aromatic carbocycles. The molecule has 0 fully saturated rings. The van der Waals surface area contributed by atoms with Gasteiger partial charge in [0.2, 0.25) is 0 Å². The topological polar surface area (TPSA) is 57.5 Å². The normalized spacial score (nSPS) is 11.1. The van der Waals surface area contributed by atoms with Crippen molar-refractivity contribution in [1.82, 2.24) is 0 Å². The highest BCUT2D eigenvalue weighted by molar-refractivity contribution is 5.82. The van der Waals surface area contributed by atoms with Crippen LogP contribution in [0.4, 0.5) is 0 Å². The minimum Gasteiger partial charge on any atom is -0.504 e. The fraction of sp³-hybridized carbons (Fsp3) is 0.471. The lowest BCUT2D eigenvalue weighted by Gasteiger charge is -2.02. The average Bonchev–Trinajstić information content (AvgIpc) is 2.45. The number of carbonyl (C=O) groups is 1. The van der Waals surface area contributed by atoms with Crippen LogP contribution in [-0.2, 0) is 0 Å². The van der Waals surface area contributed by atoms with Gasteiger partial charge in [0.15, 0.2) is 17.8 Å². The Labute approximate surface area is 121 Å². The molecule has 3 nitrogen and oxygen atoms in total. The summed E-state index contributed by atoms with van der Waals surface area (Å²) < 4.78 is 0. The Kier molecular flexibility index (Phi) is 7.48. The number of unbranched alkanes of at least 4 members (excludes halogenated alkanes) is 6. The van der Waals surface area contributed by atoms with E-state index in [1.165, 1.54) is 38.2 Å². The van der Waals surface area contributed by atoms with Crippen LogP contribution in [-0.4, -0.2) is 16.5 Å². The van der Waals surface area contributed by atoms with Crippen LogP contribution in [0.25, 0.3) is 6.08 Å². The zero-order valence-corrected chi connectivity index (χ0v) is 12.1. The second-order valence-corrected chi connectivity index (χ2v) is 5.05. The lowest BCUT2D eigenvalue weighted by atomic mass is 10.1. The van der Waals surface area contributed by atoms with E-state index >= 15 is 0 Å². The minimum atomic E-state index is -0.354. The van der Waals surface area contributed by atoms with E-state index < -0.39 is 0 Å². The van der Waals surface area contributed by atoms with Crippen molar-refractivity contribution >= 4 is 12.4 Å². The molecule has 0 saturated carbocycles. The molecule has 0 saturated heterocycles. The maximum absolute atomic E-state index is 10.7. The van der Waals surface area contributed by atoms with E-state index in [0.717, 1.165) is 18.4 Å². The van der Waals surface area contributed by atoms with Gasteiger partial charge < -0.3 is 10.2 Å². The summed E-state index contributed by atoms with van der Waals surface area (Å²) in [4.78, 5) is 10.7. The van der Waals surface area contributed by atoms with Gasteiger partial charge in [-0.05, 0) is 30.5 Å². The molecule has 3 heteroatoms. The molecule has 1 rings (SSSR count). The first-order valence-electron chi connectivity index (χ1n) is 7.36. The number of rotatable bonds is 9. The molecule has 0 radical (unpaired) electrons. The highest BCUT2D eigenvalue weighted by atomic mass is 16.3. The molecule has 0 aliphatic carbocycles. The summed E-state index contributed by atoms with van der Waals surface area (Å²) in [6.45, 7) is 2.21. The van der Waals surface area contributed by atoms with Crippen LogP contribution in [0.2, 0.25) is 0 Å². The van der Waals surface area contributed by atoms with E-state index in [0.29, 0.717) is 6.29 Å². The molecule has 0 bridgehead atoms. The predicted octanol–water partition coefficient (Wildman–Crippen LogP) is 4.67. The van der Waals surface area contributed by atoms with Crippen LogP contribution in [0.5, 0.6) is 11.5 Å². The summed E-state index contributed by atoms with van der Waals surface area (Å²) in [6, 6.07) is 3.03. The summed E-state index contributed by atoms with van der Waals surface area (Å²) in [5, 5.41) is 18.9. The highest BCUT2D eigenvalue weighted by Gasteiger charge is 2.06. The van der Waals surface area contributed by atoms with E-state index in [1.54, 1.807) is 6.07 Å². The van der Waals surface area contributed by atoms with E-state index in [1.807, 2.05) is 12.2 Å². The van der Waals surface area contributed by atoms with Gasteiger partial charge in [0.1, 0.15) is 0 Å². The van der Waals surface area contributed by atoms with Gasteiger partial charge in [-0.15, -0.1) is 0 Å². The largest absolute Gasteiger partial charge is 0.504 e. The summed E-state index contributed by atoms with van der Waals surface area (Å²) >= 11 is 0. The van der Waals surface area contributed by atoms with Crippen molar-refractivity contribution in [2.75, 3.05) is 0 Å². The Hall–Kier alpha value is -1.77. The van der Waals surface area contributed by atoms with Gasteiger partial charge in [-0.1, -0.05) is 51.2 Å². The zero-order valence-electron chi connectivity index (χ0n) is 12.1. The van der Waals surface area contributed by atoms with E-state index in [-0.39, 0.29) is 17.1 Å². The lowest BCUT2D eigenvalue weighted by Crippen LogP contribution is -1.84. The van der Waals surface area contributed by atoms with Gasteiger partial charge in [0.05, 0.1) is 5.56 Å². The zero-order chi connectivity index (χ0) is 14.8. The van der Waals surface area contributed by atoms with Crippen molar-refractivity contribution in [3.63, 3.8) is 0 Å². The molecule has 0 aliphatic heterocycles. The number of benzene rings is 1. The Balaban J connectivity index is 2.39. The Morgan fingerprint density at radius 2 is 1.75 bits per heavy atom. The molecule has 2 N–H and O–H groups in total. The summed E-state index contributed by atoms with van der Waals surface area (Å²) in [7, 11) is 0. The summed E-state index contributed by atoms with van der Waals surface area (Å²) in [5.41, 5.74) is 0.845. The molecule has 0 aliphatic rings. The second kappa shape index (κ2) is 9.18. The van der Waals surface area contributed by atoms with Crippen LogP contribution in [0.3, 0.4) is 0 Å². The minimum absolute atomic E-state index is 0.115. The van der Waals surface area contributed by atoms with Gasteiger partial charge in [-0.3, -0.25) is 4.79 Å². The molecule has 110 valence electrons. The molecule has 1 aromatic rings. The van der Waals surface area contributed by atoms with Gasteiger partial charge in [-0.2, -0.15) is 0 Å². The lowest BCUT2D eigenvalue weighted by molar-refractivity contribution is 0.112. The first-order valence-corrected chi connectivity index (χ1v) is 7.36. The van der Waals surface area contributed by atoms with Crippen molar-refractivity contribution < 1.29 is 15.0 Å². The third-order valence-electron chi connectivity index (χ3n) is 3.30. The third kappa shape index (κ3) is 5.47. The number of hydrogen-bond donors (Lipinski definition) is 2. The van der Waals surface area contributed by atoms with Crippen molar-refractivity contribution in [3.05, 3.63) is 29.3 Å².